The summed E-state index contributed by atoms with van der Waals surface area (Å²) >= 11 is 1.55. The molecule has 152 valence electrons. The van der Waals surface area contributed by atoms with Gasteiger partial charge in [-0.2, -0.15) is 0 Å². The van der Waals surface area contributed by atoms with E-state index in [1.807, 2.05) is 41.8 Å². The predicted octanol–water partition coefficient (Wildman–Crippen LogP) is 5.43. The van der Waals surface area contributed by atoms with Crippen LogP contribution >= 0.6 is 11.3 Å². The number of benzene rings is 2. The van der Waals surface area contributed by atoms with E-state index >= 15 is 0 Å². The number of hydrogen-bond acceptors (Lipinski definition) is 3. The number of anilines is 1. The van der Waals surface area contributed by atoms with Crippen molar-refractivity contribution in [3.05, 3.63) is 87.4 Å². The first-order valence-electron chi connectivity index (χ1n) is 9.23. The summed E-state index contributed by atoms with van der Waals surface area (Å²) in [5, 5.41) is 7.52. The molecule has 2 N–H and O–H groups in total. The Kier molecular flexibility index (Phi) is 6.71. The number of amides is 1. The van der Waals surface area contributed by atoms with Crippen LogP contribution in [-0.4, -0.2) is 11.9 Å². The molecule has 1 heterocycles. The zero-order chi connectivity index (χ0) is 21.0. The molecule has 0 aliphatic heterocycles. The van der Waals surface area contributed by atoms with Crippen molar-refractivity contribution in [3.63, 3.8) is 0 Å². The van der Waals surface area contributed by atoms with Crippen LogP contribution in [0.25, 0.3) is 0 Å². The lowest BCUT2D eigenvalue weighted by Crippen LogP contribution is -2.40. The maximum Gasteiger partial charge on any atom is 0.241 e. The number of nitrogens with one attached hydrogen (secondary N) is 2. The van der Waals surface area contributed by atoms with Crippen molar-refractivity contribution >= 4 is 22.9 Å². The molecular weight excluding hydrogens is 397 g/mol. The predicted molar refractivity (Wildman–Crippen MR) is 110 cm³/mol. The second-order valence-electron chi connectivity index (χ2n) is 6.64. The summed E-state index contributed by atoms with van der Waals surface area (Å²) < 4.78 is 40.4. The fourth-order valence-corrected chi connectivity index (χ4v) is 3.74. The van der Waals surface area contributed by atoms with Crippen LogP contribution in [0.5, 0.6) is 0 Å². The van der Waals surface area contributed by atoms with E-state index in [1.54, 1.807) is 18.3 Å². The third kappa shape index (κ3) is 4.86. The first-order chi connectivity index (χ1) is 13.9. The number of thiophene rings is 1. The van der Waals surface area contributed by atoms with Crippen LogP contribution in [0, 0.1) is 17.5 Å². The summed E-state index contributed by atoms with van der Waals surface area (Å²) in [6.45, 7) is 3.71. The lowest BCUT2D eigenvalue weighted by molar-refractivity contribution is -0.117. The Hall–Kier alpha value is -2.64. The average Bonchev–Trinajstić information content (AvgIpc) is 3.27. The standard InChI is InChI=1S/C22H21F3N2OS/c1-3-14-6-8-15(9-7-14)21(18-5-4-12-29-18)26-13(2)22(28)27-17-11-10-16(23)19(24)20(17)25/h4-13,21,26H,3H2,1-2H3,(H,27,28)/t13-,21-/m1/s1. The zero-order valence-corrected chi connectivity index (χ0v) is 16.8. The van der Waals surface area contributed by atoms with E-state index < -0.39 is 35.1 Å². The lowest BCUT2D eigenvalue weighted by Gasteiger charge is -2.23. The number of carbonyl (C=O) groups is 1. The van der Waals surface area contributed by atoms with Gasteiger partial charge >= 0.3 is 0 Å². The van der Waals surface area contributed by atoms with E-state index in [0.29, 0.717) is 0 Å². The molecule has 3 rings (SSSR count). The van der Waals surface area contributed by atoms with Gasteiger partial charge in [-0.15, -0.1) is 11.3 Å². The Morgan fingerprint density at radius 3 is 2.38 bits per heavy atom. The summed E-state index contributed by atoms with van der Waals surface area (Å²) in [7, 11) is 0. The van der Waals surface area contributed by atoms with Crippen molar-refractivity contribution in [2.24, 2.45) is 0 Å². The van der Waals surface area contributed by atoms with E-state index in [4.69, 9.17) is 0 Å². The van der Waals surface area contributed by atoms with Gasteiger partial charge in [0.25, 0.3) is 0 Å². The van der Waals surface area contributed by atoms with Crippen molar-refractivity contribution in [1.29, 1.82) is 0 Å². The SMILES string of the molecule is CCc1ccc([C@@H](N[C@H](C)C(=O)Nc2ccc(F)c(F)c2F)c2cccs2)cc1. The summed E-state index contributed by atoms with van der Waals surface area (Å²) in [6.07, 6.45) is 0.927. The molecular formula is C22H21F3N2OS. The number of hydrogen-bond donors (Lipinski definition) is 2. The van der Waals surface area contributed by atoms with E-state index in [2.05, 4.69) is 17.6 Å². The molecule has 0 unspecified atom stereocenters. The van der Waals surface area contributed by atoms with Crippen LogP contribution in [0.3, 0.4) is 0 Å². The van der Waals surface area contributed by atoms with Gasteiger partial charge in [-0.1, -0.05) is 37.3 Å². The van der Waals surface area contributed by atoms with Crippen LogP contribution in [0.1, 0.15) is 35.9 Å². The topological polar surface area (TPSA) is 41.1 Å². The molecule has 1 aromatic heterocycles. The Morgan fingerprint density at radius 1 is 1.03 bits per heavy atom. The second kappa shape index (κ2) is 9.24. The maximum absolute atomic E-state index is 13.9. The number of halogens is 3. The highest BCUT2D eigenvalue weighted by molar-refractivity contribution is 7.10. The highest BCUT2D eigenvalue weighted by Crippen LogP contribution is 2.27. The zero-order valence-electron chi connectivity index (χ0n) is 16.0. The number of aryl methyl sites for hydroxylation is 1. The van der Waals surface area contributed by atoms with Crippen molar-refractivity contribution in [2.45, 2.75) is 32.4 Å². The minimum atomic E-state index is -1.61. The molecule has 2 atom stereocenters. The van der Waals surface area contributed by atoms with E-state index in [0.717, 1.165) is 29.0 Å². The van der Waals surface area contributed by atoms with Gasteiger partial charge in [-0.25, -0.2) is 13.2 Å². The van der Waals surface area contributed by atoms with Crippen molar-refractivity contribution in [1.82, 2.24) is 5.32 Å². The molecule has 0 bridgehead atoms. The molecule has 0 aliphatic rings. The monoisotopic (exact) mass is 418 g/mol. The molecule has 1 amide bonds. The summed E-state index contributed by atoms with van der Waals surface area (Å²) in [6, 6.07) is 12.8. The van der Waals surface area contributed by atoms with Crippen LogP contribution in [0.4, 0.5) is 18.9 Å². The van der Waals surface area contributed by atoms with Gasteiger partial charge in [0.15, 0.2) is 17.5 Å². The van der Waals surface area contributed by atoms with Gasteiger partial charge in [0.05, 0.1) is 17.8 Å². The van der Waals surface area contributed by atoms with E-state index in [1.165, 1.54) is 5.56 Å². The first kappa shape index (κ1) is 21.1. The van der Waals surface area contributed by atoms with Crippen molar-refractivity contribution < 1.29 is 18.0 Å². The smallest absolute Gasteiger partial charge is 0.241 e. The van der Waals surface area contributed by atoms with Crippen LogP contribution in [0.2, 0.25) is 0 Å². The molecule has 2 aromatic carbocycles. The lowest BCUT2D eigenvalue weighted by atomic mass is 10.0. The quantitative estimate of drug-likeness (QED) is 0.502. The van der Waals surface area contributed by atoms with Gasteiger partial charge in [0.1, 0.15) is 0 Å². The van der Waals surface area contributed by atoms with Crippen LogP contribution in [-0.2, 0) is 11.2 Å². The summed E-state index contributed by atoms with van der Waals surface area (Å²) in [5.41, 5.74) is 1.80. The summed E-state index contributed by atoms with van der Waals surface area (Å²) in [4.78, 5) is 13.6. The van der Waals surface area contributed by atoms with Gasteiger partial charge in [0, 0.05) is 4.88 Å². The number of rotatable bonds is 7. The fourth-order valence-electron chi connectivity index (χ4n) is 2.93. The number of carbonyl (C=O) groups excluding carboxylic acids is 1. The van der Waals surface area contributed by atoms with Gasteiger partial charge in [0.2, 0.25) is 5.91 Å². The molecule has 0 spiro atoms. The average molecular weight is 418 g/mol. The second-order valence-corrected chi connectivity index (χ2v) is 7.62. The van der Waals surface area contributed by atoms with Crippen LogP contribution < -0.4 is 10.6 Å². The first-order valence-corrected chi connectivity index (χ1v) is 10.1. The minimum absolute atomic E-state index is 0.239. The molecule has 0 fully saturated rings. The molecule has 3 aromatic rings. The maximum atomic E-state index is 13.9. The fraction of sp³-hybridized carbons (Fsp3) is 0.227. The Morgan fingerprint density at radius 2 is 1.76 bits per heavy atom. The van der Waals surface area contributed by atoms with Gasteiger partial charge in [-0.3, -0.25) is 10.1 Å². The summed E-state index contributed by atoms with van der Waals surface area (Å²) in [5.74, 6) is -4.90. The molecule has 0 saturated carbocycles. The highest BCUT2D eigenvalue weighted by atomic mass is 32.1. The molecule has 0 aliphatic carbocycles. The molecule has 7 heteroatoms. The Bertz CT molecular complexity index is 974. The molecule has 0 saturated heterocycles. The molecule has 0 radical (unpaired) electrons. The Labute approximate surface area is 171 Å². The van der Waals surface area contributed by atoms with Gasteiger partial charge < -0.3 is 5.32 Å². The van der Waals surface area contributed by atoms with E-state index in [9.17, 15) is 18.0 Å². The van der Waals surface area contributed by atoms with Gasteiger partial charge in [-0.05, 0) is 48.1 Å². The van der Waals surface area contributed by atoms with Crippen molar-refractivity contribution in [3.8, 4) is 0 Å². The highest BCUT2D eigenvalue weighted by Gasteiger charge is 2.23. The van der Waals surface area contributed by atoms with E-state index in [-0.39, 0.29) is 6.04 Å². The molecule has 3 nitrogen and oxygen atoms in total. The van der Waals surface area contributed by atoms with Crippen LogP contribution in [0.15, 0.2) is 53.9 Å². The third-order valence-corrected chi connectivity index (χ3v) is 5.59. The Balaban J connectivity index is 1.78. The molecule has 29 heavy (non-hydrogen) atoms. The van der Waals surface area contributed by atoms with Crippen molar-refractivity contribution in [2.75, 3.05) is 5.32 Å². The normalized spacial score (nSPS) is 13.1. The minimum Gasteiger partial charge on any atom is -0.322 e. The third-order valence-electron chi connectivity index (χ3n) is 4.65. The largest absolute Gasteiger partial charge is 0.322 e.